The first-order valence-corrected chi connectivity index (χ1v) is 5.91. The first-order chi connectivity index (χ1) is 9.67. The average Bonchev–Trinajstić information content (AvgIpc) is 2.47. The lowest BCUT2D eigenvalue weighted by Crippen LogP contribution is -2.01. The van der Waals surface area contributed by atoms with E-state index in [1.165, 1.54) is 13.2 Å². The second kappa shape index (κ2) is 6.07. The van der Waals surface area contributed by atoms with Crippen molar-refractivity contribution >= 4 is 5.69 Å². The fourth-order valence-electron chi connectivity index (χ4n) is 1.90. The monoisotopic (exact) mass is 275 g/mol. The summed E-state index contributed by atoms with van der Waals surface area (Å²) >= 11 is 0. The lowest BCUT2D eigenvalue weighted by molar-refractivity contribution is -0.385. The standard InChI is InChI=1S/C13H13N3O4/c1-20-12-10(13-14-4-2-5-15-13)7-9(3-6-17)8-11(12)16(18)19/h2,4-5,7-8,17H,3,6H2,1H3. The summed E-state index contributed by atoms with van der Waals surface area (Å²) in [5.74, 6) is 0.454. The summed E-state index contributed by atoms with van der Waals surface area (Å²) in [5, 5.41) is 20.1. The van der Waals surface area contributed by atoms with Gasteiger partial charge in [0, 0.05) is 25.1 Å². The van der Waals surface area contributed by atoms with Gasteiger partial charge in [0.25, 0.3) is 0 Å². The fraction of sp³-hybridized carbons (Fsp3) is 0.231. The summed E-state index contributed by atoms with van der Waals surface area (Å²) < 4.78 is 5.14. The lowest BCUT2D eigenvalue weighted by Gasteiger charge is -2.10. The number of nitrogens with zero attached hydrogens (tertiary/aromatic N) is 3. The van der Waals surface area contributed by atoms with Gasteiger partial charge in [-0.05, 0) is 24.1 Å². The van der Waals surface area contributed by atoms with Gasteiger partial charge in [0.15, 0.2) is 5.82 Å². The van der Waals surface area contributed by atoms with Gasteiger partial charge >= 0.3 is 5.69 Å². The van der Waals surface area contributed by atoms with Crippen molar-refractivity contribution < 1.29 is 14.8 Å². The molecule has 20 heavy (non-hydrogen) atoms. The van der Waals surface area contributed by atoms with E-state index in [0.717, 1.165) is 0 Å². The fourth-order valence-corrected chi connectivity index (χ4v) is 1.90. The van der Waals surface area contributed by atoms with Crippen LogP contribution in [0.25, 0.3) is 11.4 Å². The minimum atomic E-state index is -0.522. The molecule has 0 aliphatic carbocycles. The summed E-state index contributed by atoms with van der Waals surface area (Å²) in [5.41, 5.74) is 0.897. The Hall–Kier alpha value is -2.54. The van der Waals surface area contributed by atoms with Gasteiger partial charge in [0.05, 0.1) is 17.6 Å². The van der Waals surface area contributed by atoms with Crippen LogP contribution in [0.4, 0.5) is 5.69 Å². The highest BCUT2D eigenvalue weighted by Gasteiger charge is 2.22. The predicted octanol–water partition coefficient (Wildman–Crippen LogP) is 1.60. The first-order valence-electron chi connectivity index (χ1n) is 5.91. The zero-order chi connectivity index (χ0) is 14.5. The number of aromatic nitrogens is 2. The zero-order valence-electron chi connectivity index (χ0n) is 10.8. The van der Waals surface area contributed by atoms with Gasteiger partial charge in [-0.2, -0.15) is 0 Å². The van der Waals surface area contributed by atoms with Gasteiger partial charge < -0.3 is 9.84 Å². The van der Waals surface area contributed by atoms with E-state index in [1.807, 2.05) is 0 Å². The maximum Gasteiger partial charge on any atom is 0.311 e. The van der Waals surface area contributed by atoms with Gasteiger partial charge in [-0.3, -0.25) is 10.1 Å². The van der Waals surface area contributed by atoms with E-state index in [2.05, 4.69) is 9.97 Å². The highest BCUT2D eigenvalue weighted by Crippen LogP contribution is 2.37. The van der Waals surface area contributed by atoms with Crippen LogP contribution in [-0.4, -0.2) is 33.7 Å². The molecule has 0 radical (unpaired) electrons. The topological polar surface area (TPSA) is 98.4 Å². The molecular formula is C13H13N3O4. The molecule has 1 aromatic heterocycles. The maximum absolute atomic E-state index is 11.1. The van der Waals surface area contributed by atoms with Gasteiger partial charge in [-0.15, -0.1) is 0 Å². The van der Waals surface area contributed by atoms with Crippen LogP contribution in [0.1, 0.15) is 5.56 Å². The van der Waals surface area contributed by atoms with Crippen LogP contribution in [0.3, 0.4) is 0 Å². The molecule has 7 heteroatoms. The molecule has 1 aromatic carbocycles. The van der Waals surface area contributed by atoms with E-state index in [-0.39, 0.29) is 18.0 Å². The molecule has 7 nitrogen and oxygen atoms in total. The molecule has 1 heterocycles. The third kappa shape index (κ3) is 2.72. The summed E-state index contributed by atoms with van der Waals surface area (Å²) in [6, 6.07) is 4.74. The van der Waals surface area contributed by atoms with E-state index in [4.69, 9.17) is 9.84 Å². The third-order valence-corrected chi connectivity index (χ3v) is 2.74. The first kappa shape index (κ1) is 13.9. The van der Waals surface area contributed by atoms with Gasteiger partial charge in [0.2, 0.25) is 5.75 Å². The number of nitro groups is 1. The Morgan fingerprint density at radius 1 is 1.35 bits per heavy atom. The number of methoxy groups -OCH3 is 1. The molecule has 0 amide bonds. The van der Waals surface area contributed by atoms with Crippen molar-refractivity contribution in [3.05, 3.63) is 46.3 Å². The van der Waals surface area contributed by atoms with Crippen molar-refractivity contribution in [1.29, 1.82) is 0 Å². The summed E-state index contributed by atoms with van der Waals surface area (Å²) in [7, 11) is 1.36. The van der Waals surface area contributed by atoms with Crippen LogP contribution in [0.15, 0.2) is 30.6 Å². The van der Waals surface area contributed by atoms with Gasteiger partial charge in [-0.1, -0.05) is 0 Å². The van der Waals surface area contributed by atoms with Crippen molar-refractivity contribution in [3.8, 4) is 17.1 Å². The highest BCUT2D eigenvalue weighted by atomic mass is 16.6. The molecule has 0 aliphatic heterocycles. The van der Waals surface area contributed by atoms with E-state index in [9.17, 15) is 10.1 Å². The van der Waals surface area contributed by atoms with E-state index >= 15 is 0 Å². The van der Waals surface area contributed by atoms with Gasteiger partial charge in [-0.25, -0.2) is 9.97 Å². The Bertz CT molecular complexity index is 617. The molecule has 0 fully saturated rings. The quantitative estimate of drug-likeness (QED) is 0.657. The average molecular weight is 275 g/mol. The van der Waals surface area contributed by atoms with Crippen molar-refractivity contribution in [2.75, 3.05) is 13.7 Å². The predicted molar refractivity (Wildman–Crippen MR) is 71.5 cm³/mol. The molecule has 0 saturated heterocycles. The van der Waals surface area contributed by atoms with E-state index < -0.39 is 4.92 Å². The number of ether oxygens (including phenoxy) is 1. The van der Waals surface area contributed by atoms with E-state index in [0.29, 0.717) is 23.4 Å². The Morgan fingerprint density at radius 2 is 2.05 bits per heavy atom. The van der Waals surface area contributed by atoms with Crippen LogP contribution in [0.2, 0.25) is 0 Å². The largest absolute Gasteiger partial charge is 0.490 e. The lowest BCUT2D eigenvalue weighted by atomic mass is 10.0. The molecule has 0 bridgehead atoms. The minimum Gasteiger partial charge on any atom is -0.490 e. The smallest absolute Gasteiger partial charge is 0.311 e. The van der Waals surface area contributed by atoms with Gasteiger partial charge in [0.1, 0.15) is 0 Å². The van der Waals surface area contributed by atoms with Crippen LogP contribution < -0.4 is 4.74 Å². The Kier molecular flexibility index (Phi) is 4.21. The molecule has 0 saturated carbocycles. The van der Waals surface area contributed by atoms with Crippen molar-refractivity contribution in [1.82, 2.24) is 9.97 Å². The van der Waals surface area contributed by atoms with Crippen LogP contribution in [0, 0.1) is 10.1 Å². The van der Waals surface area contributed by atoms with Crippen LogP contribution >= 0.6 is 0 Å². The van der Waals surface area contributed by atoms with Crippen molar-refractivity contribution in [2.24, 2.45) is 0 Å². The number of nitro benzene ring substituents is 1. The third-order valence-electron chi connectivity index (χ3n) is 2.74. The number of hydrogen-bond acceptors (Lipinski definition) is 6. The number of aliphatic hydroxyl groups is 1. The number of aliphatic hydroxyl groups excluding tert-OH is 1. The molecule has 2 aromatic rings. The number of hydrogen-bond donors (Lipinski definition) is 1. The minimum absolute atomic E-state index is 0.0986. The number of benzene rings is 1. The molecule has 2 rings (SSSR count). The summed E-state index contributed by atoms with van der Waals surface area (Å²) in [6.07, 6.45) is 3.41. The highest BCUT2D eigenvalue weighted by molar-refractivity contribution is 5.72. The molecule has 0 spiro atoms. The van der Waals surface area contributed by atoms with E-state index in [1.54, 1.807) is 24.5 Å². The maximum atomic E-state index is 11.1. The Balaban J connectivity index is 2.67. The normalized spacial score (nSPS) is 10.3. The van der Waals surface area contributed by atoms with Crippen LogP contribution in [0.5, 0.6) is 5.75 Å². The molecule has 0 atom stereocenters. The Labute approximate surface area is 115 Å². The van der Waals surface area contributed by atoms with Crippen molar-refractivity contribution in [2.45, 2.75) is 6.42 Å². The second-order valence-corrected chi connectivity index (χ2v) is 4.00. The SMILES string of the molecule is COc1c(-c2ncccn2)cc(CCO)cc1[N+](=O)[O-]. The van der Waals surface area contributed by atoms with Crippen molar-refractivity contribution in [3.63, 3.8) is 0 Å². The zero-order valence-corrected chi connectivity index (χ0v) is 10.8. The molecular weight excluding hydrogens is 262 g/mol. The molecule has 0 aliphatic rings. The molecule has 104 valence electrons. The summed E-state index contributed by atoms with van der Waals surface area (Å²) in [6.45, 7) is -0.0986. The summed E-state index contributed by atoms with van der Waals surface area (Å²) in [4.78, 5) is 18.8. The second-order valence-electron chi connectivity index (χ2n) is 4.00. The molecule has 0 unspecified atom stereocenters. The number of rotatable bonds is 5. The molecule has 1 N–H and O–H groups in total. The Morgan fingerprint density at radius 3 is 2.60 bits per heavy atom. The van der Waals surface area contributed by atoms with Crippen LogP contribution in [-0.2, 0) is 6.42 Å².